The molecule has 3 aromatic carbocycles. The Bertz CT molecular complexity index is 1280. The van der Waals surface area contributed by atoms with Gasteiger partial charge in [0.2, 0.25) is 5.89 Å². The van der Waals surface area contributed by atoms with Crippen molar-refractivity contribution in [3.05, 3.63) is 76.8 Å². The highest BCUT2D eigenvalue weighted by molar-refractivity contribution is 6.34. The Morgan fingerprint density at radius 1 is 1.06 bits per heavy atom. The van der Waals surface area contributed by atoms with Crippen LogP contribution in [0.2, 0.25) is 5.02 Å². The summed E-state index contributed by atoms with van der Waals surface area (Å²) in [6.07, 6.45) is 1.13. The first-order valence-corrected chi connectivity index (χ1v) is 11.5. The maximum absolute atomic E-state index is 12.8. The molecular formula is C27H27ClN2O3. The van der Waals surface area contributed by atoms with Gasteiger partial charge in [0.15, 0.2) is 5.58 Å². The molecule has 1 unspecified atom stereocenters. The fourth-order valence-electron chi connectivity index (χ4n) is 3.52. The van der Waals surface area contributed by atoms with Crippen molar-refractivity contribution >= 4 is 34.3 Å². The minimum atomic E-state index is -0.263. The van der Waals surface area contributed by atoms with Gasteiger partial charge < -0.3 is 14.5 Å². The summed E-state index contributed by atoms with van der Waals surface area (Å²) >= 11 is 6.36. The number of ether oxygens (including phenoxy) is 1. The molecule has 33 heavy (non-hydrogen) atoms. The molecule has 6 heteroatoms. The highest BCUT2D eigenvalue weighted by Crippen LogP contribution is 2.32. The van der Waals surface area contributed by atoms with E-state index >= 15 is 0 Å². The highest BCUT2D eigenvalue weighted by Gasteiger charge is 2.14. The second kappa shape index (κ2) is 9.67. The Kier molecular flexibility index (Phi) is 6.70. The van der Waals surface area contributed by atoms with Crippen LogP contribution in [-0.2, 0) is 0 Å². The maximum atomic E-state index is 12.8. The number of hydrogen-bond donors (Lipinski definition) is 1. The van der Waals surface area contributed by atoms with Crippen molar-refractivity contribution < 1.29 is 13.9 Å². The average molecular weight is 463 g/mol. The molecule has 1 heterocycles. The smallest absolute Gasteiger partial charge is 0.255 e. The van der Waals surface area contributed by atoms with E-state index in [9.17, 15) is 4.79 Å². The van der Waals surface area contributed by atoms with Crippen molar-refractivity contribution in [2.75, 3.05) is 5.32 Å². The minimum absolute atomic E-state index is 0.0692. The monoisotopic (exact) mass is 462 g/mol. The normalized spacial score (nSPS) is 12.2. The first-order chi connectivity index (χ1) is 15.8. The van der Waals surface area contributed by atoms with E-state index < -0.39 is 0 Å². The fraction of sp³-hybridized carbons (Fsp3) is 0.259. The van der Waals surface area contributed by atoms with Crippen molar-refractivity contribution in [1.82, 2.24) is 4.98 Å². The van der Waals surface area contributed by atoms with Crippen LogP contribution in [0, 0.1) is 0 Å². The second-order valence-corrected chi connectivity index (χ2v) is 8.80. The quantitative estimate of drug-likeness (QED) is 0.305. The van der Waals surface area contributed by atoms with Crippen molar-refractivity contribution in [1.29, 1.82) is 0 Å². The van der Waals surface area contributed by atoms with E-state index in [4.69, 9.17) is 20.8 Å². The Balaban J connectivity index is 1.57. The summed E-state index contributed by atoms with van der Waals surface area (Å²) in [6, 6.07) is 18.4. The first kappa shape index (κ1) is 22.9. The molecule has 0 saturated carbocycles. The number of carbonyl (C=O) groups excluding carboxylic acids is 1. The number of carbonyl (C=O) groups is 1. The SMILES string of the molecule is CCC(C)c1ccc2oc(-c3ccc(Cl)c(NC(=O)c4ccc(OC(C)C)cc4)c3)nc2c1. The zero-order valence-electron chi connectivity index (χ0n) is 19.2. The lowest BCUT2D eigenvalue weighted by molar-refractivity contribution is 0.102. The van der Waals surface area contributed by atoms with Crippen LogP contribution in [0.5, 0.6) is 5.75 Å². The standard InChI is InChI=1S/C27H27ClN2O3/c1-5-17(4)19-9-13-25-24(14-19)30-27(33-25)20-8-12-22(28)23(15-20)29-26(31)18-6-10-21(11-7-18)32-16(2)3/h6-17H,5H2,1-4H3,(H,29,31). The molecule has 4 rings (SSSR count). The van der Waals surface area contributed by atoms with Crippen molar-refractivity contribution in [2.24, 2.45) is 0 Å². The Morgan fingerprint density at radius 3 is 2.52 bits per heavy atom. The number of amides is 1. The molecule has 170 valence electrons. The predicted octanol–water partition coefficient (Wildman–Crippen LogP) is 7.70. The van der Waals surface area contributed by atoms with Crippen LogP contribution in [-0.4, -0.2) is 17.0 Å². The van der Waals surface area contributed by atoms with E-state index in [1.54, 1.807) is 36.4 Å². The van der Waals surface area contributed by atoms with E-state index in [2.05, 4.69) is 36.3 Å². The first-order valence-electron chi connectivity index (χ1n) is 11.1. The zero-order valence-corrected chi connectivity index (χ0v) is 19.9. The van der Waals surface area contributed by atoms with Gasteiger partial charge in [-0.2, -0.15) is 0 Å². The molecule has 4 aromatic rings. The van der Waals surface area contributed by atoms with Gasteiger partial charge in [-0.1, -0.05) is 31.5 Å². The number of rotatable bonds is 7. The third-order valence-corrected chi connectivity index (χ3v) is 5.87. The number of oxazole rings is 1. The van der Waals surface area contributed by atoms with Gasteiger partial charge >= 0.3 is 0 Å². The van der Waals surface area contributed by atoms with Crippen LogP contribution in [0.3, 0.4) is 0 Å². The molecule has 1 N–H and O–H groups in total. The minimum Gasteiger partial charge on any atom is -0.491 e. The molecule has 0 saturated heterocycles. The van der Waals surface area contributed by atoms with Gasteiger partial charge in [0, 0.05) is 11.1 Å². The van der Waals surface area contributed by atoms with Crippen LogP contribution in [0.15, 0.2) is 65.1 Å². The molecule has 0 aliphatic carbocycles. The van der Waals surface area contributed by atoms with Crippen LogP contribution < -0.4 is 10.1 Å². The van der Waals surface area contributed by atoms with Gasteiger partial charge in [-0.15, -0.1) is 0 Å². The molecule has 0 bridgehead atoms. The molecule has 0 aliphatic rings. The van der Waals surface area contributed by atoms with Gasteiger partial charge in [-0.05, 0) is 86.3 Å². The lowest BCUT2D eigenvalue weighted by Crippen LogP contribution is -2.12. The number of nitrogens with zero attached hydrogens (tertiary/aromatic N) is 1. The molecular weight excluding hydrogens is 436 g/mol. The van der Waals surface area contributed by atoms with E-state index in [0.717, 1.165) is 23.1 Å². The predicted molar refractivity (Wildman–Crippen MR) is 133 cm³/mol. The van der Waals surface area contributed by atoms with Gasteiger partial charge in [-0.3, -0.25) is 4.79 Å². The van der Waals surface area contributed by atoms with Crippen molar-refractivity contribution in [2.45, 2.75) is 46.1 Å². The van der Waals surface area contributed by atoms with Crippen molar-refractivity contribution in [3.8, 4) is 17.2 Å². The van der Waals surface area contributed by atoms with Crippen LogP contribution in [0.4, 0.5) is 5.69 Å². The molecule has 0 spiro atoms. The summed E-state index contributed by atoms with van der Waals surface area (Å²) in [5.74, 6) is 1.39. The van der Waals surface area contributed by atoms with E-state index in [0.29, 0.717) is 33.8 Å². The summed E-state index contributed by atoms with van der Waals surface area (Å²) in [5.41, 5.74) is 4.50. The number of anilines is 1. The third kappa shape index (κ3) is 5.20. The molecule has 5 nitrogen and oxygen atoms in total. The Hall–Kier alpha value is -3.31. The summed E-state index contributed by atoms with van der Waals surface area (Å²) in [5, 5.41) is 3.31. The van der Waals surface area contributed by atoms with E-state index in [1.807, 2.05) is 26.0 Å². The molecule has 0 radical (unpaired) electrons. The number of fused-ring (bicyclic) bond motifs is 1. The number of halogens is 1. The third-order valence-electron chi connectivity index (χ3n) is 5.54. The second-order valence-electron chi connectivity index (χ2n) is 8.40. The molecule has 1 amide bonds. The lowest BCUT2D eigenvalue weighted by atomic mass is 9.98. The Morgan fingerprint density at radius 2 is 1.82 bits per heavy atom. The summed E-state index contributed by atoms with van der Waals surface area (Å²) in [7, 11) is 0. The molecule has 0 aliphatic heterocycles. The summed E-state index contributed by atoms with van der Waals surface area (Å²) in [6.45, 7) is 8.27. The van der Waals surface area contributed by atoms with Crippen LogP contribution in [0.1, 0.15) is 56.0 Å². The number of hydrogen-bond acceptors (Lipinski definition) is 4. The van der Waals surface area contributed by atoms with Gasteiger partial charge in [0.1, 0.15) is 11.3 Å². The van der Waals surface area contributed by atoms with Gasteiger partial charge in [-0.25, -0.2) is 4.98 Å². The van der Waals surface area contributed by atoms with Crippen LogP contribution in [0.25, 0.3) is 22.6 Å². The van der Waals surface area contributed by atoms with Gasteiger partial charge in [0.05, 0.1) is 16.8 Å². The fourth-order valence-corrected chi connectivity index (χ4v) is 3.68. The number of aromatic nitrogens is 1. The Labute approximate surface area is 198 Å². The highest BCUT2D eigenvalue weighted by atomic mass is 35.5. The largest absolute Gasteiger partial charge is 0.491 e. The number of nitrogens with one attached hydrogen (secondary N) is 1. The molecule has 0 fully saturated rings. The number of benzene rings is 3. The van der Waals surface area contributed by atoms with E-state index in [1.165, 1.54) is 5.56 Å². The molecule has 1 aromatic heterocycles. The lowest BCUT2D eigenvalue weighted by Gasteiger charge is -2.11. The average Bonchev–Trinajstić information content (AvgIpc) is 3.23. The maximum Gasteiger partial charge on any atom is 0.255 e. The van der Waals surface area contributed by atoms with E-state index in [-0.39, 0.29) is 12.0 Å². The van der Waals surface area contributed by atoms with Crippen LogP contribution >= 0.6 is 11.6 Å². The zero-order chi connectivity index (χ0) is 23.5. The van der Waals surface area contributed by atoms with Gasteiger partial charge in [0.25, 0.3) is 5.91 Å². The van der Waals surface area contributed by atoms with Crippen molar-refractivity contribution in [3.63, 3.8) is 0 Å². The topological polar surface area (TPSA) is 64.4 Å². The molecule has 1 atom stereocenters. The summed E-state index contributed by atoms with van der Waals surface area (Å²) < 4.78 is 11.6. The summed E-state index contributed by atoms with van der Waals surface area (Å²) in [4.78, 5) is 17.4.